The molecule has 7 nitrogen and oxygen atoms in total. The molecule has 1 atom stereocenters. The molecule has 2 fully saturated rings. The molecule has 0 bridgehead atoms. The maximum absolute atomic E-state index is 12.6. The van der Waals surface area contributed by atoms with Crippen molar-refractivity contribution in [1.82, 2.24) is 4.90 Å². The van der Waals surface area contributed by atoms with Crippen LogP contribution in [0.15, 0.2) is 24.3 Å². The lowest BCUT2D eigenvalue weighted by Crippen LogP contribution is -2.39. The van der Waals surface area contributed by atoms with Gasteiger partial charge in [0, 0.05) is 13.2 Å². The first-order valence-corrected chi connectivity index (χ1v) is 7.42. The number of rotatable bonds is 5. The van der Waals surface area contributed by atoms with Gasteiger partial charge in [0.1, 0.15) is 6.04 Å². The molecule has 3 rings (SSSR count). The molecule has 23 heavy (non-hydrogen) atoms. The SMILES string of the molecule is COC[C@H]1C(=O)N(c2ccc(C(=O)OC)cc2)C(=O)N1C1CC1. The molecule has 1 aliphatic carbocycles. The Balaban J connectivity index is 1.88. The standard InChI is InChI=1S/C16H18N2O5/c1-22-9-13-14(19)18(16(21)17(13)11-7-8-11)12-5-3-10(4-6-12)15(20)23-2/h3-6,11,13H,7-9H2,1-2H3/t13-/m0/s1. The van der Waals surface area contributed by atoms with E-state index >= 15 is 0 Å². The smallest absolute Gasteiger partial charge is 0.337 e. The van der Waals surface area contributed by atoms with Gasteiger partial charge in [-0.15, -0.1) is 0 Å². The van der Waals surface area contributed by atoms with Gasteiger partial charge in [0.2, 0.25) is 0 Å². The van der Waals surface area contributed by atoms with Crippen LogP contribution >= 0.6 is 0 Å². The van der Waals surface area contributed by atoms with Gasteiger partial charge in [-0.05, 0) is 37.1 Å². The van der Waals surface area contributed by atoms with E-state index in [1.165, 1.54) is 26.4 Å². The van der Waals surface area contributed by atoms with Crippen LogP contribution in [0.2, 0.25) is 0 Å². The summed E-state index contributed by atoms with van der Waals surface area (Å²) in [5.74, 6) is -0.762. The number of nitrogens with zero attached hydrogens (tertiary/aromatic N) is 2. The van der Waals surface area contributed by atoms with Crippen LogP contribution in [0.4, 0.5) is 10.5 Å². The lowest BCUT2D eigenvalue weighted by molar-refractivity contribution is -0.121. The Morgan fingerprint density at radius 2 is 1.83 bits per heavy atom. The van der Waals surface area contributed by atoms with Crippen LogP contribution in [0.1, 0.15) is 23.2 Å². The van der Waals surface area contributed by atoms with E-state index in [-0.39, 0.29) is 24.6 Å². The number of hydrogen-bond acceptors (Lipinski definition) is 5. The van der Waals surface area contributed by atoms with Crippen LogP contribution in [0.5, 0.6) is 0 Å². The minimum Gasteiger partial charge on any atom is -0.465 e. The summed E-state index contributed by atoms with van der Waals surface area (Å²) in [7, 11) is 2.81. The fraction of sp³-hybridized carbons (Fsp3) is 0.438. The van der Waals surface area contributed by atoms with Gasteiger partial charge >= 0.3 is 12.0 Å². The Labute approximate surface area is 133 Å². The highest BCUT2D eigenvalue weighted by Gasteiger charge is 2.51. The first-order valence-electron chi connectivity index (χ1n) is 7.42. The summed E-state index contributed by atoms with van der Waals surface area (Å²) in [5, 5.41) is 0. The van der Waals surface area contributed by atoms with Gasteiger partial charge in [-0.2, -0.15) is 0 Å². The van der Waals surface area contributed by atoms with Crippen molar-refractivity contribution in [2.75, 3.05) is 25.7 Å². The van der Waals surface area contributed by atoms with Gasteiger partial charge in [0.05, 0.1) is 25.0 Å². The zero-order valence-corrected chi connectivity index (χ0v) is 13.0. The second-order valence-corrected chi connectivity index (χ2v) is 5.60. The number of carbonyl (C=O) groups excluding carboxylic acids is 3. The number of esters is 1. The van der Waals surface area contributed by atoms with Crippen molar-refractivity contribution in [3.63, 3.8) is 0 Å². The summed E-state index contributed by atoms with van der Waals surface area (Å²) >= 11 is 0. The first-order chi connectivity index (χ1) is 11.1. The molecule has 7 heteroatoms. The molecule has 1 aromatic carbocycles. The summed E-state index contributed by atoms with van der Waals surface area (Å²) < 4.78 is 9.74. The minimum absolute atomic E-state index is 0.117. The fourth-order valence-electron chi connectivity index (χ4n) is 2.79. The molecule has 0 unspecified atom stereocenters. The van der Waals surface area contributed by atoms with Crippen LogP contribution in [0.3, 0.4) is 0 Å². The van der Waals surface area contributed by atoms with Gasteiger partial charge in [0.25, 0.3) is 5.91 Å². The maximum atomic E-state index is 12.6. The van der Waals surface area contributed by atoms with Crippen LogP contribution in [-0.4, -0.2) is 55.7 Å². The van der Waals surface area contributed by atoms with Crippen molar-refractivity contribution < 1.29 is 23.9 Å². The van der Waals surface area contributed by atoms with E-state index in [0.717, 1.165) is 17.7 Å². The number of amides is 3. The summed E-state index contributed by atoms with van der Waals surface area (Å²) in [6, 6.07) is 5.42. The Morgan fingerprint density at radius 3 is 2.35 bits per heavy atom. The normalized spacial score (nSPS) is 21.0. The second kappa shape index (κ2) is 6.00. The molecule has 0 N–H and O–H groups in total. The predicted molar refractivity (Wildman–Crippen MR) is 81.2 cm³/mol. The quantitative estimate of drug-likeness (QED) is 0.606. The molecule has 0 spiro atoms. The monoisotopic (exact) mass is 318 g/mol. The van der Waals surface area contributed by atoms with E-state index in [1.807, 2.05) is 0 Å². The average Bonchev–Trinajstić information content (AvgIpc) is 3.35. The van der Waals surface area contributed by atoms with Crippen molar-refractivity contribution in [3.05, 3.63) is 29.8 Å². The molecule has 1 aromatic rings. The summed E-state index contributed by atoms with van der Waals surface area (Å²) in [6.45, 7) is 0.178. The Kier molecular flexibility index (Phi) is 4.04. The van der Waals surface area contributed by atoms with E-state index < -0.39 is 12.0 Å². The summed E-state index contributed by atoms with van der Waals surface area (Å²) in [6.07, 6.45) is 1.82. The number of imide groups is 1. The number of anilines is 1. The summed E-state index contributed by atoms with van der Waals surface area (Å²) in [4.78, 5) is 39.5. The fourth-order valence-corrected chi connectivity index (χ4v) is 2.79. The topological polar surface area (TPSA) is 76.1 Å². The third kappa shape index (κ3) is 2.68. The van der Waals surface area contributed by atoms with Crippen molar-refractivity contribution in [3.8, 4) is 0 Å². The van der Waals surface area contributed by atoms with E-state index in [1.54, 1.807) is 17.0 Å². The highest BCUT2D eigenvalue weighted by molar-refractivity contribution is 6.21. The van der Waals surface area contributed by atoms with Crippen molar-refractivity contribution in [2.24, 2.45) is 0 Å². The van der Waals surface area contributed by atoms with E-state index in [4.69, 9.17) is 4.74 Å². The highest BCUT2D eigenvalue weighted by atomic mass is 16.5. The van der Waals surface area contributed by atoms with Gasteiger partial charge in [-0.1, -0.05) is 0 Å². The molecule has 1 saturated carbocycles. The number of benzene rings is 1. The molecular formula is C16H18N2O5. The molecule has 1 heterocycles. The van der Waals surface area contributed by atoms with Crippen LogP contribution < -0.4 is 4.90 Å². The largest absolute Gasteiger partial charge is 0.465 e. The molecule has 0 radical (unpaired) electrons. The molecule has 0 aromatic heterocycles. The van der Waals surface area contributed by atoms with Crippen molar-refractivity contribution >= 4 is 23.6 Å². The van der Waals surface area contributed by atoms with E-state index in [9.17, 15) is 14.4 Å². The van der Waals surface area contributed by atoms with Crippen LogP contribution in [-0.2, 0) is 14.3 Å². The zero-order chi connectivity index (χ0) is 16.6. The van der Waals surface area contributed by atoms with E-state index in [0.29, 0.717) is 11.3 Å². The first kappa shape index (κ1) is 15.5. The second-order valence-electron chi connectivity index (χ2n) is 5.60. The number of methoxy groups -OCH3 is 2. The lowest BCUT2D eigenvalue weighted by Gasteiger charge is -2.20. The molecular weight excluding hydrogens is 300 g/mol. The lowest BCUT2D eigenvalue weighted by atomic mass is 10.2. The van der Waals surface area contributed by atoms with Gasteiger partial charge in [-0.25, -0.2) is 14.5 Å². The molecule has 1 aliphatic heterocycles. The Bertz CT molecular complexity index is 638. The van der Waals surface area contributed by atoms with Crippen LogP contribution in [0, 0.1) is 0 Å². The molecule has 3 amide bonds. The number of ether oxygens (including phenoxy) is 2. The number of urea groups is 1. The molecule has 1 saturated heterocycles. The molecule has 2 aliphatic rings. The average molecular weight is 318 g/mol. The minimum atomic E-state index is -0.583. The summed E-state index contributed by atoms with van der Waals surface area (Å²) in [5.41, 5.74) is 0.805. The van der Waals surface area contributed by atoms with Crippen LogP contribution in [0.25, 0.3) is 0 Å². The van der Waals surface area contributed by atoms with Crippen molar-refractivity contribution in [2.45, 2.75) is 24.9 Å². The predicted octanol–water partition coefficient (Wildman–Crippen LogP) is 1.42. The Morgan fingerprint density at radius 1 is 1.17 bits per heavy atom. The third-order valence-electron chi connectivity index (χ3n) is 4.06. The van der Waals surface area contributed by atoms with E-state index in [2.05, 4.69) is 4.74 Å². The number of hydrogen-bond donors (Lipinski definition) is 0. The Hall–Kier alpha value is -2.41. The zero-order valence-electron chi connectivity index (χ0n) is 13.0. The van der Waals surface area contributed by atoms with Gasteiger partial charge in [0.15, 0.2) is 0 Å². The molecule has 122 valence electrons. The van der Waals surface area contributed by atoms with Crippen molar-refractivity contribution in [1.29, 1.82) is 0 Å². The van der Waals surface area contributed by atoms with Gasteiger partial charge < -0.3 is 14.4 Å². The number of carbonyl (C=O) groups is 3. The third-order valence-corrected chi connectivity index (χ3v) is 4.06. The highest BCUT2D eigenvalue weighted by Crippen LogP contribution is 2.35. The van der Waals surface area contributed by atoms with Gasteiger partial charge in [-0.3, -0.25) is 4.79 Å². The maximum Gasteiger partial charge on any atom is 0.337 e.